The Bertz CT molecular complexity index is 1730. The van der Waals surface area contributed by atoms with Crippen LogP contribution in [0.4, 0.5) is 19.6 Å². The summed E-state index contributed by atoms with van der Waals surface area (Å²) in [6.45, 7) is 1.17. The number of benzene rings is 1. The zero-order valence-electron chi connectivity index (χ0n) is 21.8. The van der Waals surface area contributed by atoms with Crippen molar-refractivity contribution in [2.24, 2.45) is 5.92 Å². The fraction of sp³-hybridized carbons (Fsp3) is 0.286. The van der Waals surface area contributed by atoms with Crippen LogP contribution in [0.2, 0.25) is 0 Å². The summed E-state index contributed by atoms with van der Waals surface area (Å²) < 4.78 is 32.7. The van der Waals surface area contributed by atoms with Gasteiger partial charge in [0.05, 0.1) is 26.0 Å². The maximum Gasteiger partial charge on any atom is 0.280 e. The highest BCUT2D eigenvalue weighted by atomic mass is 32.1. The Balaban J connectivity index is 1.37. The lowest BCUT2D eigenvalue weighted by Gasteiger charge is -2.28. The van der Waals surface area contributed by atoms with Gasteiger partial charge in [0.2, 0.25) is 5.91 Å². The molecular weight excluding hydrogens is 552 g/mol. The third-order valence-electron chi connectivity index (χ3n) is 6.60. The van der Waals surface area contributed by atoms with Crippen LogP contribution in [-0.2, 0) is 4.79 Å². The van der Waals surface area contributed by atoms with Gasteiger partial charge in [0.25, 0.3) is 12.3 Å². The van der Waals surface area contributed by atoms with Crippen molar-refractivity contribution in [2.45, 2.75) is 19.3 Å². The number of alkyl halides is 2. The molecule has 208 valence electrons. The average molecular weight is 576 g/mol. The van der Waals surface area contributed by atoms with E-state index in [9.17, 15) is 18.4 Å². The lowest BCUT2D eigenvalue weighted by Crippen LogP contribution is -2.48. The van der Waals surface area contributed by atoms with E-state index >= 15 is 0 Å². The van der Waals surface area contributed by atoms with Gasteiger partial charge in [0.15, 0.2) is 15.6 Å². The number of thiazole rings is 1. The Morgan fingerprint density at radius 2 is 2.05 bits per heavy atom. The molecule has 0 atom stereocenters. The molecular formula is C28H23F2N7O3S. The molecule has 2 N–H and O–H groups in total. The van der Waals surface area contributed by atoms with Crippen LogP contribution in [0, 0.1) is 17.8 Å². The molecule has 4 heterocycles. The van der Waals surface area contributed by atoms with Crippen LogP contribution in [0.15, 0.2) is 36.7 Å². The van der Waals surface area contributed by atoms with Gasteiger partial charge in [-0.3, -0.25) is 19.9 Å². The van der Waals surface area contributed by atoms with Gasteiger partial charge < -0.3 is 15.0 Å². The maximum absolute atomic E-state index is 13.6. The van der Waals surface area contributed by atoms with E-state index in [1.165, 1.54) is 19.4 Å². The number of hydrogen-bond acceptors (Lipinski definition) is 9. The van der Waals surface area contributed by atoms with Gasteiger partial charge >= 0.3 is 0 Å². The molecule has 6 rings (SSSR count). The van der Waals surface area contributed by atoms with Crippen LogP contribution in [0.25, 0.3) is 21.6 Å². The van der Waals surface area contributed by atoms with Gasteiger partial charge in [0.1, 0.15) is 17.1 Å². The van der Waals surface area contributed by atoms with Gasteiger partial charge in [-0.25, -0.2) is 18.7 Å². The van der Waals surface area contributed by atoms with E-state index in [1.54, 1.807) is 29.3 Å². The number of amides is 2. The van der Waals surface area contributed by atoms with Crippen molar-refractivity contribution < 1.29 is 23.1 Å². The fourth-order valence-electron chi connectivity index (χ4n) is 4.36. The lowest BCUT2D eigenvalue weighted by molar-refractivity contribution is -0.118. The summed E-state index contributed by atoms with van der Waals surface area (Å²) in [4.78, 5) is 45.2. The molecule has 2 aliphatic rings. The summed E-state index contributed by atoms with van der Waals surface area (Å²) in [6.07, 6.45) is 2.10. The van der Waals surface area contributed by atoms with E-state index < -0.39 is 18.0 Å². The summed E-state index contributed by atoms with van der Waals surface area (Å²) in [7, 11) is 1.39. The van der Waals surface area contributed by atoms with Crippen molar-refractivity contribution in [1.82, 2.24) is 25.3 Å². The monoisotopic (exact) mass is 575 g/mol. The summed E-state index contributed by atoms with van der Waals surface area (Å²) in [5.41, 5.74) is 1.64. The molecule has 0 spiro atoms. The molecule has 2 amide bonds. The number of halogens is 2. The average Bonchev–Trinajstić information content (AvgIpc) is 3.73. The molecule has 41 heavy (non-hydrogen) atoms. The fourth-order valence-corrected chi connectivity index (χ4v) is 5.15. The summed E-state index contributed by atoms with van der Waals surface area (Å²) in [6, 6.07) is 6.01. The van der Waals surface area contributed by atoms with Crippen molar-refractivity contribution in [3.8, 4) is 28.7 Å². The minimum absolute atomic E-state index is 0.148. The first-order chi connectivity index (χ1) is 19.9. The number of carbonyl (C=O) groups is 2. The molecule has 1 aliphatic heterocycles. The third kappa shape index (κ3) is 5.70. The Morgan fingerprint density at radius 3 is 2.80 bits per heavy atom. The Labute approximate surface area is 237 Å². The highest BCUT2D eigenvalue weighted by Crippen LogP contribution is 2.37. The maximum atomic E-state index is 13.6. The number of carbonyl (C=O) groups excluding carboxylic acids is 2. The predicted octanol–water partition coefficient (Wildman–Crippen LogP) is 4.04. The van der Waals surface area contributed by atoms with Crippen molar-refractivity contribution in [1.29, 1.82) is 0 Å². The number of pyridine rings is 1. The third-order valence-corrected chi connectivity index (χ3v) is 7.45. The first-order valence-corrected chi connectivity index (χ1v) is 13.7. The number of anilines is 2. The van der Waals surface area contributed by atoms with Gasteiger partial charge in [-0.15, -0.1) is 0 Å². The van der Waals surface area contributed by atoms with Crippen molar-refractivity contribution >= 4 is 44.4 Å². The largest absolute Gasteiger partial charge is 0.494 e. The van der Waals surface area contributed by atoms with E-state index in [0.29, 0.717) is 46.4 Å². The van der Waals surface area contributed by atoms with Crippen LogP contribution >= 0.6 is 11.3 Å². The Morgan fingerprint density at radius 1 is 1.20 bits per heavy atom. The molecule has 13 heteroatoms. The molecule has 3 aromatic heterocycles. The molecule has 1 aliphatic carbocycles. The summed E-state index contributed by atoms with van der Waals surface area (Å²) >= 11 is 1.15. The van der Waals surface area contributed by atoms with Crippen molar-refractivity contribution in [3.63, 3.8) is 0 Å². The normalized spacial score (nSPS) is 15.1. The number of fused-ring (bicyclic) bond motifs is 1. The first-order valence-electron chi connectivity index (χ1n) is 12.8. The number of rotatable bonds is 6. The topological polar surface area (TPSA) is 122 Å². The van der Waals surface area contributed by atoms with Crippen LogP contribution < -0.4 is 20.3 Å². The molecule has 4 aromatic rings. The number of ether oxygens (including phenoxy) is 1. The highest BCUT2D eigenvalue weighted by molar-refractivity contribution is 7.21. The van der Waals surface area contributed by atoms with Crippen molar-refractivity contribution in [3.05, 3.63) is 53.6 Å². The number of piperazine rings is 1. The molecule has 0 radical (unpaired) electrons. The second-order valence-electron chi connectivity index (χ2n) is 9.46. The summed E-state index contributed by atoms with van der Waals surface area (Å²) in [5, 5.41) is 6.06. The Kier molecular flexibility index (Phi) is 7.25. The highest BCUT2D eigenvalue weighted by Gasteiger charge is 2.25. The first kappa shape index (κ1) is 26.7. The van der Waals surface area contributed by atoms with E-state index in [-0.39, 0.29) is 34.5 Å². The number of nitrogens with one attached hydrogen (secondary N) is 2. The standard InChI is InChI=1S/C28H23F2N7O3S/c1-40-22-13-32-21(24(29)30)11-20(22)19-10-17(37-9-8-31-14-23(37)38)6-7-18(19)26(39)36-28-35-25-27(41-28)34-16(12-33-25)5-4-15-2-3-15/h6-7,10-13,15,24,31H,2-3,8-9,14H2,1H3,(H,33,35,36,39). The van der Waals surface area contributed by atoms with Crippen LogP contribution in [0.1, 0.15) is 41.0 Å². The number of hydrogen-bond donors (Lipinski definition) is 2. The van der Waals surface area contributed by atoms with E-state index in [4.69, 9.17) is 4.74 Å². The second-order valence-corrected chi connectivity index (χ2v) is 10.4. The van der Waals surface area contributed by atoms with Crippen LogP contribution in [0.5, 0.6) is 5.75 Å². The SMILES string of the molecule is COc1cnc(C(F)F)cc1-c1cc(N2CCNCC2=O)ccc1C(=O)Nc1nc2ncc(C#CC3CC3)nc2s1. The molecule has 1 aromatic carbocycles. The molecule has 2 fully saturated rings. The zero-order chi connectivity index (χ0) is 28.5. The van der Waals surface area contributed by atoms with Gasteiger partial charge in [-0.2, -0.15) is 4.98 Å². The quantitative estimate of drug-likeness (QED) is 0.331. The minimum atomic E-state index is -2.84. The number of aromatic nitrogens is 4. The minimum Gasteiger partial charge on any atom is -0.494 e. The van der Waals surface area contributed by atoms with Gasteiger partial charge in [-0.05, 0) is 43.0 Å². The van der Waals surface area contributed by atoms with Crippen LogP contribution in [-0.4, -0.2) is 58.5 Å². The second kappa shape index (κ2) is 11.1. The van der Waals surface area contributed by atoms with Gasteiger partial charge in [-0.1, -0.05) is 17.3 Å². The Hall–Kier alpha value is -4.54. The van der Waals surface area contributed by atoms with Crippen molar-refractivity contribution in [2.75, 3.05) is 37.0 Å². The molecule has 10 nitrogen and oxygen atoms in total. The molecule has 1 saturated carbocycles. The predicted molar refractivity (Wildman–Crippen MR) is 149 cm³/mol. The summed E-state index contributed by atoms with van der Waals surface area (Å²) in [5.74, 6) is 6.10. The number of methoxy groups -OCH3 is 1. The van der Waals surface area contributed by atoms with Gasteiger partial charge in [0, 0.05) is 41.4 Å². The van der Waals surface area contributed by atoms with E-state index in [0.717, 1.165) is 24.2 Å². The molecule has 1 saturated heterocycles. The number of nitrogens with zero attached hydrogens (tertiary/aromatic N) is 5. The molecule has 0 unspecified atom stereocenters. The molecule has 0 bridgehead atoms. The lowest BCUT2D eigenvalue weighted by atomic mass is 9.97. The van der Waals surface area contributed by atoms with E-state index in [1.807, 2.05) is 0 Å². The smallest absolute Gasteiger partial charge is 0.280 e. The zero-order valence-corrected chi connectivity index (χ0v) is 22.6. The van der Waals surface area contributed by atoms with Crippen LogP contribution in [0.3, 0.4) is 0 Å². The van der Waals surface area contributed by atoms with E-state index in [2.05, 4.69) is 42.4 Å².